The van der Waals surface area contributed by atoms with Gasteiger partial charge >= 0.3 is 0 Å². The number of likely N-dealkylation sites (N-methyl/N-ethyl adjacent to an activating group) is 1. The van der Waals surface area contributed by atoms with E-state index in [0.29, 0.717) is 19.3 Å². The van der Waals surface area contributed by atoms with E-state index in [1.54, 1.807) is 7.11 Å². The second-order valence-corrected chi connectivity index (χ2v) is 5.94. The van der Waals surface area contributed by atoms with E-state index in [4.69, 9.17) is 14.2 Å². The topological polar surface area (TPSA) is 39.7 Å². The van der Waals surface area contributed by atoms with Gasteiger partial charge in [0, 0.05) is 24.0 Å². The summed E-state index contributed by atoms with van der Waals surface area (Å²) in [6.07, 6.45) is 1.13. The first-order valence-electron chi connectivity index (χ1n) is 6.86. The Labute approximate surface area is 128 Å². The van der Waals surface area contributed by atoms with Gasteiger partial charge in [-0.25, -0.2) is 0 Å². The molecule has 0 aliphatic heterocycles. The molecule has 1 saturated carbocycles. The van der Waals surface area contributed by atoms with Crippen LogP contribution in [0.25, 0.3) is 0 Å². The van der Waals surface area contributed by atoms with Gasteiger partial charge in [-0.2, -0.15) is 0 Å². The quantitative estimate of drug-likeness (QED) is 0.772. The number of hydrogen-bond donors (Lipinski definition) is 1. The van der Waals surface area contributed by atoms with Crippen LogP contribution >= 0.6 is 15.9 Å². The lowest BCUT2D eigenvalue weighted by Crippen LogP contribution is -2.60. The predicted octanol–water partition coefficient (Wildman–Crippen LogP) is 2.53. The molecule has 0 saturated heterocycles. The summed E-state index contributed by atoms with van der Waals surface area (Å²) in [4.78, 5) is 0. The van der Waals surface area contributed by atoms with Crippen LogP contribution in [0, 0.1) is 6.92 Å². The zero-order valence-corrected chi connectivity index (χ0v) is 13.8. The minimum Gasteiger partial charge on any atom is -0.487 e. The number of ether oxygens (including phenoxy) is 3. The smallest absolute Gasteiger partial charge is 0.128 e. The standard InChI is InChI=1S/C15H22BrNO3/c1-10-4-5-11(16)8-13(10)20-14-9-12(17-2)15(14)19-7-6-18-3/h4-5,8,12,14-15,17H,6-7,9H2,1-3H3. The Hall–Kier alpha value is -0.620. The van der Waals surface area contributed by atoms with Crippen LogP contribution in [0.2, 0.25) is 0 Å². The summed E-state index contributed by atoms with van der Waals surface area (Å²) in [6, 6.07) is 6.43. The van der Waals surface area contributed by atoms with E-state index in [0.717, 1.165) is 22.2 Å². The second-order valence-electron chi connectivity index (χ2n) is 5.03. The molecule has 0 bridgehead atoms. The van der Waals surface area contributed by atoms with Crippen molar-refractivity contribution in [3.8, 4) is 5.75 Å². The molecule has 20 heavy (non-hydrogen) atoms. The van der Waals surface area contributed by atoms with Crippen LogP contribution in [0.1, 0.15) is 12.0 Å². The second kappa shape index (κ2) is 7.41. The van der Waals surface area contributed by atoms with E-state index >= 15 is 0 Å². The fourth-order valence-corrected chi connectivity index (χ4v) is 2.67. The van der Waals surface area contributed by atoms with Crippen LogP contribution in [-0.2, 0) is 9.47 Å². The van der Waals surface area contributed by atoms with Crippen molar-refractivity contribution in [2.45, 2.75) is 31.6 Å². The van der Waals surface area contributed by atoms with E-state index < -0.39 is 0 Å². The van der Waals surface area contributed by atoms with Crippen molar-refractivity contribution >= 4 is 15.9 Å². The largest absolute Gasteiger partial charge is 0.487 e. The summed E-state index contributed by atoms with van der Waals surface area (Å²) in [5.41, 5.74) is 1.14. The molecule has 0 amide bonds. The van der Waals surface area contributed by atoms with Crippen molar-refractivity contribution < 1.29 is 14.2 Å². The highest BCUT2D eigenvalue weighted by Gasteiger charge is 2.43. The van der Waals surface area contributed by atoms with Gasteiger partial charge in [-0.15, -0.1) is 0 Å². The van der Waals surface area contributed by atoms with Gasteiger partial charge in [0.25, 0.3) is 0 Å². The molecule has 5 heteroatoms. The van der Waals surface area contributed by atoms with E-state index in [-0.39, 0.29) is 12.2 Å². The zero-order chi connectivity index (χ0) is 14.5. The molecule has 1 N–H and O–H groups in total. The number of methoxy groups -OCH3 is 1. The lowest BCUT2D eigenvalue weighted by molar-refractivity contribution is -0.114. The van der Waals surface area contributed by atoms with Crippen LogP contribution in [0.3, 0.4) is 0 Å². The van der Waals surface area contributed by atoms with Gasteiger partial charge < -0.3 is 19.5 Å². The molecule has 3 atom stereocenters. The molecule has 1 aliphatic rings. The molecule has 3 unspecified atom stereocenters. The van der Waals surface area contributed by atoms with Crippen molar-refractivity contribution in [1.29, 1.82) is 0 Å². The van der Waals surface area contributed by atoms with Gasteiger partial charge in [0.15, 0.2) is 0 Å². The van der Waals surface area contributed by atoms with Crippen LogP contribution < -0.4 is 10.1 Å². The van der Waals surface area contributed by atoms with Crippen LogP contribution in [0.5, 0.6) is 5.75 Å². The number of hydrogen-bond acceptors (Lipinski definition) is 4. The van der Waals surface area contributed by atoms with Gasteiger partial charge in [0.2, 0.25) is 0 Å². The monoisotopic (exact) mass is 343 g/mol. The number of aryl methyl sites for hydroxylation is 1. The molecule has 1 fully saturated rings. The van der Waals surface area contributed by atoms with E-state index in [9.17, 15) is 0 Å². The molecule has 0 spiro atoms. The molecule has 112 valence electrons. The Morgan fingerprint density at radius 3 is 2.85 bits per heavy atom. The third-order valence-electron chi connectivity index (χ3n) is 3.65. The normalized spacial score (nSPS) is 25.3. The van der Waals surface area contributed by atoms with Crippen LogP contribution in [0.4, 0.5) is 0 Å². The minimum atomic E-state index is 0.0773. The lowest BCUT2D eigenvalue weighted by atomic mass is 9.85. The molecule has 4 nitrogen and oxygen atoms in total. The first kappa shape index (κ1) is 15.8. The average molecular weight is 344 g/mol. The summed E-state index contributed by atoms with van der Waals surface area (Å²) in [5, 5.41) is 3.27. The maximum atomic E-state index is 6.10. The van der Waals surface area contributed by atoms with Gasteiger partial charge in [-0.3, -0.25) is 0 Å². The average Bonchev–Trinajstić information content (AvgIpc) is 2.42. The first-order valence-corrected chi connectivity index (χ1v) is 7.65. The van der Waals surface area contributed by atoms with E-state index in [2.05, 4.69) is 34.2 Å². The number of halogens is 1. The molecule has 1 aromatic rings. The molecule has 0 radical (unpaired) electrons. The third kappa shape index (κ3) is 3.73. The Bertz CT molecular complexity index is 441. The molecule has 1 aromatic carbocycles. The van der Waals surface area contributed by atoms with Gasteiger partial charge in [-0.05, 0) is 31.7 Å². The Morgan fingerprint density at radius 2 is 2.15 bits per heavy atom. The molecule has 0 aromatic heterocycles. The highest BCUT2D eigenvalue weighted by Crippen LogP contribution is 2.31. The minimum absolute atomic E-state index is 0.0773. The fourth-order valence-electron chi connectivity index (χ4n) is 2.33. The van der Waals surface area contributed by atoms with Crippen LogP contribution in [0.15, 0.2) is 22.7 Å². The van der Waals surface area contributed by atoms with Crippen molar-refractivity contribution in [3.05, 3.63) is 28.2 Å². The highest BCUT2D eigenvalue weighted by molar-refractivity contribution is 9.10. The van der Waals surface area contributed by atoms with Gasteiger partial charge in [0.05, 0.1) is 13.2 Å². The summed E-state index contributed by atoms with van der Waals surface area (Å²) in [5.74, 6) is 0.916. The van der Waals surface area contributed by atoms with Crippen molar-refractivity contribution in [1.82, 2.24) is 5.32 Å². The summed E-state index contributed by atoms with van der Waals surface area (Å²) in [6.45, 7) is 3.25. The van der Waals surface area contributed by atoms with E-state index in [1.807, 2.05) is 19.2 Å². The Kier molecular flexibility index (Phi) is 5.84. The first-order chi connectivity index (χ1) is 9.65. The van der Waals surface area contributed by atoms with E-state index in [1.165, 1.54) is 0 Å². The SMILES string of the molecule is CNC1CC(Oc2cc(Br)ccc2C)C1OCCOC. The Morgan fingerprint density at radius 1 is 1.35 bits per heavy atom. The van der Waals surface area contributed by atoms with Crippen molar-refractivity contribution in [3.63, 3.8) is 0 Å². The van der Waals surface area contributed by atoms with Gasteiger partial charge in [-0.1, -0.05) is 22.0 Å². The summed E-state index contributed by atoms with van der Waals surface area (Å²) >= 11 is 3.48. The van der Waals surface area contributed by atoms with Crippen molar-refractivity contribution in [2.24, 2.45) is 0 Å². The molecular formula is C15H22BrNO3. The lowest BCUT2D eigenvalue weighted by Gasteiger charge is -2.43. The predicted molar refractivity (Wildman–Crippen MR) is 82.4 cm³/mol. The van der Waals surface area contributed by atoms with Crippen LogP contribution in [-0.4, -0.2) is 45.6 Å². The highest BCUT2D eigenvalue weighted by atomic mass is 79.9. The maximum Gasteiger partial charge on any atom is 0.128 e. The number of benzene rings is 1. The number of nitrogens with one attached hydrogen (secondary N) is 1. The molecule has 1 aliphatic carbocycles. The maximum absolute atomic E-state index is 6.10. The number of rotatable bonds is 7. The molecule has 0 heterocycles. The Balaban J connectivity index is 1.95. The van der Waals surface area contributed by atoms with Crippen molar-refractivity contribution in [2.75, 3.05) is 27.4 Å². The molecular weight excluding hydrogens is 322 g/mol. The molecule has 2 rings (SSSR count). The fraction of sp³-hybridized carbons (Fsp3) is 0.600. The third-order valence-corrected chi connectivity index (χ3v) is 4.14. The van der Waals surface area contributed by atoms with Gasteiger partial charge in [0.1, 0.15) is 18.0 Å². The summed E-state index contributed by atoms with van der Waals surface area (Å²) in [7, 11) is 3.64. The zero-order valence-electron chi connectivity index (χ0n) is 12.2. The summed E-state index contributed by atoms with van der Waals surface area (Å²) < 4.78 is 18.0.